The average molecular weight is 312 g/mol. The van der Waals surface area contributed by atoms with Crippen molar-refractivity contribution < 1.29 is 9.53 Å². The van der Waals surface area contributed by atoms with Gasteiger partial charge in [0, 0.05) is 25.3 Å². The van der Waals surface area contributed by atoms with Gasteiger partial charge in [-0.15, -0.1) is 0 Å². The highest BCUT2D eigenvalue weighted by molar-refractivity contribution is 6.33. The first kappa shape index (κ1) is 16.1. The van der Waals surface area contributed by atoms with E-state index in [0.29, 0.717) is 35.5 Å². The standard InChI is InChI=1S/C15H22ClN3O2/c1-21-9-10-7-14(17)13(16)8-12(10)15(20)19-6-4-11-3-2-5-18-11/h7-8,11,18H,2-6,9,17H2,1H3,(H,19,20). The maximum absolute atomic E-state index is 12.3. The Labute approximate surface area is 130 Å². The molecular weight excluding hydrogens is 290 g/mol. The van der Waals surface area contributed by atoms with E-state index in [1.165, 1.54) is 12.8 Å². The predicted octanol–water partition coefficient (Wildman–Crippen LogP) is 1.94. The van der Waals surface area contributed by atoms with Crippen molar-refractivity contribution in [2.24, 2.45) is 0 Å². The molecule has 0 spiro atoms. The van der Waals surface area contributed by atoms with Crippen LogP contribution in [0.4, 0.5) is 5.69 Å². The number of benzene rings is 1. The summed E-state index contributed by atoms with van der Waals surface area (Å²) in [6.45, 7) is 2.05. The fraction of sp³-hybridized carbons (Fsp3) is 0.533. The molecule has 0 aromatic heterocycles. The molecule has 5 nitrogen and oxygen atoms in total. The smallest absolute Gasteiger partial charge is 0.251 e. The molecule has 1 aliphatic heterocycles. The largest absolute Gasteiger partial charge is 0.398 e. The van der Waals surface area contributed by atoms with Crippen molar-refractivity contribution in [3.8, 4) is 0 Å². The summed E-state index contributed by atoms with van der Waals surface area (Å²) in [7, 11) is 1.58. The number of carbonyl (C=O) groups is 1. The Hall–Kier alpha value is -1.30. The lowest BCUT2D eigenvalue weighted by Crippen LogP contribution is -2.31. The Bertz CT molecular complexity index is 502. The zero-order chi connectivity index (χ0) is 15.2. The second-order valence-corrected chi connectivity index (χ2v) is 5.71. The molecule has 6 heteroatoms. The lowest BCUT2D eigenvalue weighted by atomic mass is 10.1. The van der Waals surface area contributed by atoms with Crippen LogP contribution in [0.1, 0.15) is 35.2 Å². The van der Waals surface area contributed by atoms with Crippen molar-refractivity contribution in [2.75, 3.05) is 25.9 Å². The normalized spacial score (nSPS) is 17.9. The number of methoxy groups -OCH3 is 1. The molecule has 0 radical (unpaired) electrons. The van der Waals surface area contributed by atoms with E-state index in [2.05, 4.69) is 10.6 Å². The van der Waals surface area contributed by atoms with Gasteiger partial charge in [-0.25, -0.2) is 0 Å². The van der Waals surface area contributed by atoms with Gasteiger partial charge in [-0.2, -0.15) is 0 Å². The molecule has 21 heavy (non-hydrogen) atoms. The lowest BCUT2D eigenvalue weighted by molar-refractivity contribution is 0.0947. The third-order valence-corrected chi connectivity index (χ3v) is 4.04. The molecular formula is C15H22ClN3O2. The number of nitrogens with one attached hydrogen (secondary N) is 2. The minimum absolute atomic E-state index is 0.137. The molecule has 1 aromatic rings. The first-order valence-corrected chi connectivity index (χ1v) is 7.58. The number of hydrogen-bond acceptors (Lipinski definition) is 4. The number of nitrogens with two attached hydrogens (primary N) is 1. The predicted molar refractivity (Wildman–Crippen MR) is 84.6 cm³/mol. The van der Waals surface area contributed by atoms with Gasteiger partial charge < -0.3 is 21.1 Å². The van der Waals surface area contributed by atoms with Gasteiger partial charge in [0.2, 0.25) is 0 Å². The quantitative estimate of drug-likeness (QED) is 0.702. The molecule has 0 bridgehead atoms. The molecule has 2 rings (SSSR count). The fourth-order valence-corrected chi connectivity index (χ4v) is 2.75. The molecule has 1 fully saturated rings. The number of ether oxygens (including phenoxy) is 1. The van der Waals surface area contributed by atoms with Gasteiger partial charge in [-0.1, -0.05) is 11.6 Å². The summed E-state index contributed by atoms with van der Waals surface area (Å²) in [6.07, 6.45) is 3.33. The average Bonchev–Trinajstić information content (AvgIpc) is 2.96. The Morgan fingerprint density at radius 2 is 2.38 bits per heavy atom. The summed E-state index contributed by atoms with van der Waals surface area (Å²) in [6, 6.07) is 3.81. The van der Waals surface area contributed by atoms with E-state index in [1.54, 1.807) is 19.2 Å². The molecule has 1 atom stereocenters. The van der Waals surface area contributed by atoms with Gasteiger partial charge in [-0.3, -0.25) is 4.79 Å². The molecule has 1 saturated heterocycles. The van der Waals surface area contributed by atoms with E-state index >= 15 is 0 Å². The Morgan fingerprint density at radius 1 is 1.57 bits per heavy atom. The van der Waals surface area contributed by atoms with Gasteiger partial charge in [0.15, 0.2) is 0 Å². The van der Waals surface area contributed by atoms with Crippen molar-refractivity contribution in [3.05, 3.63) is 28.3 Å². The van der Waals surface area contributed by atoms with Gasteiger partial charge in [0.1, 0.15) is 0 Å². The highest BCUT2D eigenvalue weighted by atomic mass is 35.5. The second-order valence-electron chi connectivity index (χ2n) is 5.30. The van der Waals surface area contributed by atoms with Crippen LogP contribution in [0.25, 0.3) is 0 Å². The van der Waals surface area contributed by atoms with Gasteiger partial charge in [0.25, 0.3) is 5.91 Å². The number of anilines is 1. The molecule has 116 valence electrons. The monoisotopic (exact) mass is 311 g/mol. The molecule has 1 heterocycles. The van der Waals surface area contributed by atoms with E-state index in [4.69, 9.17) is 22.1 Å². The number of hydrogen-bond donors (Lipinski definition) is 3. The van der Waals surface area contributed by atoms with E-state index < -0.39 is 0 Å². The molecule has 0 saturated carbocycles. The van der Waals surface area contributed by atoms with Crippen molar-refractivity contribution in [1.29, 1.82) is 0 Å². The zero-order valence-electron chi connectivity index (χ0n) is 12.2. The number of rotatable bonds is 6. The summed E-state index contributed by atoms with van der Waals surface area (Å²) in [4.78, 5) is 12.3. The first-order chi connectivity index (χ1) is 10.1. The molecule has 1 amide bonds. The summed E-state index contributed by atoms with van der Waals surface area (Å²) in [5.74, 6) is -0.137. The summed E-state index contributed by atoms with van der Waals surface area (Å²) < 4.78 is 5.11. The van der Waals surface area contributed by atoms with Crippen LogP contribution in [0.2, 0.25) is 5.02 Å². The van der Waals surface area contributed by atoms with E-state index in [1.807, 2.05) is 0 Å². The molecule has 1 aromatic carbocycles. The lowest BCUT2D eigenvalue weighted by Gasteiger charge is -2.13. The van der Waals surface area contributed by atoms with Gasteiger partial charge in [-0.05, 0) is 43.5 Å². The highest BCUT2D eigenvalue weighted by Gasteiger charge is 2.16. The van der Waals surface area contributed by atoms with Crippen molar-refractivity contribution in [2.45, 2.75) is 31.9 Å². The number of amides is 1. The van der Waals surface area contributed by atoms with Crippen molar-refractivity contribution in [3.63, 3.8) is 0 Å². The Morgan fingerprint density at radius 3 is 3.05 bits per heavy atom. The fourth-order valence-electron chi connectivity index (χ4n) is 2.58. The summed E-state index contributed by atoms with van der Waals surface area (Å²) in [5, 5.41) is 6.73. The minimum atomic E-state index is -0.137. The molecule has 0 aliphatic carbocycles. The highest BCUT2D eigenvalue weighted by Crippen LogP contribution is 2.24. The van der Waals surface area contributed by atoms with E-state index in [9.17, 15) is 4.79 Å². The van der Waals surface area contributed by atoms with Crippen LogP contribution < -0.4 is 16.4 Å². The SMILES string of the molecule is COCc1cc(N)c(Cl)cc1C(=O)NCCC1CCCN1. The minimum Gasteiger partial charge on any atom is -0.398 e. The van der Waals surface area contributed by atoms with Crippen molar-refractivity contribution in [1.82, 2.24) is 10.6 Å². The molecule has 4 N–H and O–H groups in total. The van der Waals surface area contributed by atoms with Crippen molar-refractivity contribution >= 4 is 23.2 Å². The maximum atomic E-state index is 12.3. The van der Waals surface area contributed by atoms with Crippen LogP contribution in [0.3, 0.4) is 0 Å². The first-order valence-electron chi connectivity index (χ1n) is 7.20. The van der Waals surface area contributed by atoms with E-state index in [-0.39, 0.29) is 5.91 Å². The number of carbonyl (C=O) groups excluding carboxylic acids is 1. The van der Waals surface area contributed by atoms with Crippen LogP contribution >= 0.6 is 11.6 Å². The van der Waals surface area contributed by atoms with Gasteiger partial charge >= 0.3 is 0 Å². The topological polar surface area (TPSA) is 76.4 Å². The van der Waals surface area contributed by atoms with Crippen LogP contribution in [0.5, 0.6) is 0 Å². The van der Waals surface area contributed by atoms with E-state index in [0.717, 1.165) is 18.5 Å². The Balaban J connectivity index is 1.98. The van der Waals surface area contributed by atoms with Gasteiger partial charge in [0.05, 0.1) is 17.3 Å². The summed E-state index contributed by atoms with van der Waals surface area (Å²) >= 11 is 6.01. The maximum Gasteiger partial charge on any atom is 0.251 e. The number of halogens is 1. The molecule has 1 unspecified atom stereocenters. The van der Waals surface area contributed by atoms with Crippen LogP contribution in [0.15, 0.2) is 12.1 Å². The third-order valence-electron chi connectivity index (χ3n) is 3.71. The van der Waals surface area contributed by atoms with Crippen LogP contribution in [0, 0.1) is 0 Å². The Kier molecular flexibility index (Phi) is 5.85. The third kappa shape index (κ3) is 4.33. The number of nitrogen functional groups attached to an aromatic ring is 1. The van der Waals surface area contributed by atoms with Crippen LogP contribution in [-0.2, 0) is 11.3 Å². The zero-order valence-corrected chi connectivity index (χ0v) is 13.0. The summed E-state index contributed by atoms with van der Waals surface area (Å²) in [5.41, 5.74) is 7.50. The second kappa shape index (κ2) is 7.64. The molecule has 1 aliphatic rings. The van der Waals surface area contributed by atoms with Crippen LogP contribution in [-0.4, -0.2) is 32.1 Å².